The van der Waals surface area contributed by atoms with E-state index in [1.165, 1.54) is 16.7 Å². The van der Waals surface area contributed by atoms with E-state index >= 15 is 0 Å². The monoisotopic (exact) mass is 434 g/mol. The van der Waals surface area contributed by atoms with E-state index in [0.717, 1.165) is 51.8 Å². The van der Waals surface area contributed by atoms with E-state index in [1.807, 2.05) is 31.5 Å². The van der Waals surface area contributed by atoms with Gasteiger partial charge >= 0.3 is 5.76 Å². The predicted octanol–water partition coefficient (Wildman–Crippen LogP) is 5.09. The fraction of sp³-hybridized carbons (Fsp3) is 0.148. The minimum atomic E-state index is -0.550. The number of aromatic amines is 1. The molecule has 0 saturated heterocycles. The van der Waals surface area contributed by atoms with Crippen molar-refractivity contribution in [3.63, 3.8) is 0 Å². The number of allylic oxidation sites excluding steroid dienone is 1. The van der Waals surface area contributed by atoms with Crippen molar-refractivity contribution in [3.05, 3.63) is 111 Å². The van der Waals surface area contributed by atoms with Crippen molar-refractivity contribution in [2.45, 2.75) is 26.7 Å². The number of hydrogen-bond donors (Lipinski definition) is 1. The van der Waals surface area contributed by atoms with Crippen LogP contribution in [0.25, 0.3) is 27.9 Å². The first-order valence-electron chi connectivity index (χ1n) is 11.0. The number of aromatic nitrogens is 4. The molecule has 6 heteroatoms. The van der Waals surface area contributed by atoms with E-state index in [1.54, 1.807) is 0 Å². The Morgan fingerprint density at radius 2 is 1.82 bits per heavy atom. The summed E-state index contributed by atoms with van der Waals surface area (Å²) in [5.41, 5.74) is 11.3. The lowest BCUT2D eigenvalue weighted by Crippen LogP contribution is -2.04. The Hall–Kier alpha value is -4.19. The first-order chi connectivity index (χ1) is 16.1. The Morgan fingerprint density at radius 1 is 1.00 bits per heavy atom. The molecule has 2 heterocycles. The largest absolute Gasteiger partial charge is 0.439 e. The molecule has 0 radical (unpaired) electrons. The Bertz CT molecular complexity index is 1620. The molecule has 5 aromatic rings. The maximum Gasteiger partial charge on any atom is 0.439 e. The molecule has 1 aliphatic rings. The van der Waals surface area contributed by atoms with Gasteiger partial charge in [-0.15, -0.1) is 0 Å². The van der Waals surface area contributed by atoms with E-state index in [2.05, 4.69) is 69.1 Å². The van der Waals surface area contributed by atoms with Crippen LogP contribution in [0.4, 0.5) is 0 Å². The van der Waals surface area contributed by atoms with Gasteiger partial charge in [-0.3, -0.25) is 14.1 Å². The second-order valence-corrected chi connectivity index (χ2v) is 8.44. The number of para-hydroxylation sites is 2. The van der Waals surface area contributed by atoms with Gasteiger partial charge in [-0.2, -0.15) is 0 Å². The second kappa shape index (κ2) is 7.45. The third-order valence-corrected chi connectivity index (χ3v) is 6.65. The SMILES string of the molecule is C/C(=C1\c2ccccc2CCc2c1ccc(-n1cnc3ccccc31)c2C)c1noc(=O)[nH]1. The van der Waals surface area contributed by atoms with Crippen molar-refractivity contribution in [1.29, 1.82) is 0 Å². The van der Waals surface area contributed by atoms with E-state index in [4.69, 9.17) is 4.52 Å². The summed E-state index contributed by atoms with van der Waals surface area (Å²) in [4.78, 5) is 19.0. The van der Waals surface area contributed by atoms with Crippen molar-refractivity contribution in [1.82, 2.24) is 19.7 Å². The Morgan fingerprint density at radius 3 is 2.67 bits per heavy atom. The lowest BCUT2D eigenvalue weighted by Gasteiger charge is -2.19. The number of hydrogen-bond acceptors (Lipinski definition) is 4. The number of fused-ring (bicyclic) bond motifs is 3. The van der Waals surface area contributed by atoms with Crippen molar-refractivity contribution in [2.75, 3.05) is 0 Å². The molecule has 0 amide bonds. The zero-order chi connectivity index (χ0) is 22.5. The second-order valence-electron chi connectivity index (χ2n) is 8.44. The molecule has 0 spiro atoms. The minimum absolute atomic E-state index is 0.458. The fourth-order valence-corrected chi connectivity index (χ4v) is 5.01. The van der Waals surface area contributed by atoms with E-state index in [0.29, 0.717) is 5.82 Å². The van der Waals surface area contributed by atoms with Crippen LogP contribution in [0.5, 0.6) is 0 Å². The van der Waals surface area contributed by atoms with Crippen LogP contribution in [0.1, 0.15) is 40.6 Å². The number of nitrogens with one attached hydrogen (secondary N) is 1. The molecule has 1 N–H and O–H groups in total. The first kappa shape index (κ1) is 19.5. The molecule has 1 aliphatic carbocycles. The van der Waals surface area contributed by atoms with Crippen molar-refractivity contribution in [2.24, 2.45) is 0 Å². The molecule has 6 nitrogen and oxygen atoms in total. The van der Waals surface area contributed by atoms with E-state index in [-0.39, 0.29) is 0 Å². The average Bonchev–Trinajstić information content (AvgIpc) is 3.41. The van der Waals surface area contributed by atoms with Gasteiger partial charge in [0.2, 0.25) is 0 Å². The Kier molecular flexibility index (Phi) is 4.40. The quantitative estimate of drug-likeness (QED) is 0.420. The van der Waals surface area contributed by atoms with Crippen LogP contribution in [0, 0.1) is 6.92 Å². The lowest BCUT2D eigenvalue weighted by molar-refractivity contribution is 0.385. The average molecular weight is 434 g/mol. The van der Waals surface area contributed by atoms with Gasteiger partial charge in [0, 0.05) is 5.57 Å². The van der Waals surface area contributed by atoms with Crippen molar-refractivity contribution >= 4 is 22.2 Å². The number of benzene rings is 3. The molecule has 0 bridgehead atoms. The van der Waals surface area contributed by atoms with Gasteiger partial charge in [0.05, 0.1) is 16.7 Å². The van der Waals surface area contributed by atoms with Crippen LogP contribution in [-0.4, -0.2) is 19.7 Å². The highest BCUT2D eigenvalue weighted by atomic mass is 16.5. The van der Waals surface area contributed by atoms with Gasteiger partial charge in [0.15, 0.2) is 5.82 Å². The fourth-order valence-electron chi connectivity index (χ4n) is 5.01. The number of imidazole rings is 1. The van der Waals surface area contributed by atoms with Crippen LogP contribution in [-0.2, 0) is 12.8 Å². The molecule has 6 rings (SSSR count). The van der Waals surface area contributed by atoms with Gasteiger partial charge in [0.1, 0.15) is 6.33 Å². The van der Waals surface area contributed by atoms with Crippen molar-refractivity contribution < 1.29 is 4.52 Å². The Labute approximate surface area is 190 Å². The first-order valence-corrected chi connectivity index (χ1v) is 11.0. The van der Waals surface area contributed by atoms with E-state index in [9.17, 15) is 4.79 Å². The van der Waals surface area contributed by atoms with Crippen LogP contribution in [0.15, 0.2) is 76.3 Å². The predicted molar refractivity (Wildman–Crippen MR) is 128 cm³/mol. The van der Waals surface area contributed by atoms with Crippen LogP contribution < -0.4 is 5.76 Å². The van der Waals surface area contributed by atoms with Gasteiger partial charge in [0.25, 0.3) is 0 Å². The highest BCUT2D eigenvalue weighted by Gasteiger charge is 2.24. The molecule has 0 unspecified atom stereocenters. The molecule has 33 heavy (non-hydrogen) atoms. The highest BCUT2D eigenvalue weighted by molar-refractivity contribution is 5.99. The topological polar surface area (TPSA) is 76.7 Å². The molecule has 0 aliphatic heterocycles. The third kappa shape index (κ3) is 3.06. The standard InChI is InChI=1S/C27H22N4O2/c1-16-19-12-11-18-7-3-4-8-20(18)25(17(2)26-29-27(32)33-30-26)21(19)13-14-23(16)31-15-28-22-9-5-6-10-24(22)31/h3-10,13-15H,11-12H2,1-2H3,(H,29,30,32)/b25-17-. The minimum Gasteiger partial charge on any atom is -0.299 e. The molecule has 0 fully saturated rings. The summed E-state index contributed by atoms with van der Waals surface area (Å²) in [6, 6.07) is 21.0. The molecule has 2 aromatic heterocycles. The van der Waals surface area contributed by atoms with Gasteiger partial charge in [-0.05, 0) is 78.3 Å². The number of rotatable bonds is 2. The third-order valence-electron chi connectivity index (χ3n) is 6.65. The maximum absolute atomic E-state index is 11.7. The molecular weight excluding hydrogens is 412 g/mol. The Balaban J connectivity index is 1.62. The van der Waals surface area contributed by atoms with Crippen LogP contribution in [0.2, 0.25) is 0 Å². The summed E-state index contributed by atoms with van der Waals surface area (Å²) in [5, 5.41) is 3.97. The summed E-state index contributed by atoms with van der Waals surface area (Å²) >= 11 is 0. The molecular formula is C27H22N4O2. The smallest absolute Gasteiger partial charge is 0.299 e. The zero-order valence-corrected chi connectivity index (χ0v) is 18.4. The number of aryl methyl sites for hydroxylation is 1. The lowest BCUT2D eigenvalue weighted by atomic mass is 9.88. The maximum atomic E-state index is 11.7. The van der Waals surface area contributed by atoms with Gasteiger partial charge in [-0.1, -0.05) is 47.6 Å². The molecule has 0 saturated carbocycles. The molecule has 3 aromatic carbocycles. The number of H-pyrrole nitrogens is 1. The summed E-state index contributed by atoms with van der Waals surface area (Å²) in [7, 11) is 0. The summed E-state index contributed by atoms with van der Waals surface area (Å²) in [6.07, 6.45) is 3.75. The van der Waals surface area contributed by atoms with Gasteiger partial charge in [-0.25, -0.2) is 9.78 Å². The zero-order valence-electron chi connectivity index (χ0n) is 18.4. The van der Waals surface area contributed by atoms with Gasteiger partial charge < -0.3 is 0 Å². The van der Waals surface area contributed by atoms with Crippen LogP contribution in [0.3, 0.4) is 0 Å². The summed E-state index contributed by atoms with van der Waals surface area (Å²) in [6.45, 7) is 4.17. The normalized spacial score (nSPS) is 14.6. The molecule has 0 atom stereocenters. The highest BCUT2D eigenvalue weighted by Crippen LogP contribution is 2.40. The van der Waals surface area contributed by atoms with Crippen LogP contribution >= 0.6 is 0 Å². The van der Waals surface area contributed by atoms with Crippen molar-refractivity contribution in [3.8, 4) is 5.69 Å². The summed E-state index contributed by atoms with van der Waals surface area (Å²) in [5.74, 6) is -0.0921. The van der Waals surface area contributed by atoms with E-state index < -0.39 is 5.76 Å². The summed E-state index contributed by atoms with van der Waals surface area (Å²) < 4.78 is 6.97. The molecule has 162 valence electrons. The number of nitrogens with zero attached hydrogens (tertiary/aromatic N) is 3.